The van der Waals surface area contributed by atoms with E-state index in [1.807, 2.05) is 17.9 Å². The van der Waals surface area contributed by atoms with Gasteiger partial charge in [-0.3, -0.25) is 14.4 Å². The highest BCUT2D eigenvalue weighted by atomic mass is 16.2. The summed E-state index contributed by atoms with van der Waals surface area (Å²) >= 11 is 0. The van der Waals surface area contributed by atoms with Crippen LogP contribution in [-0.2, 0) is 9.59 Å². The lowest BCUT2D eigenvalue weighted by molar-refractivity contribution is -0.134. The molecule has 1 aromatic carbocycles. The summed E-state index contributed by atoms with van der Waals surface area (Å²) in [6.45, 7) is 6.93. The average Bonchev–Trinajstić information content (AvgIpc) is 3.13. The third kappa shape index (κ3) is 4.15. The van der Waals surface area contributed by atoms with Crippen LogP contribution < -0.4 is 5.32 Å². The third-order valence-corrected chi connectivity index (χ3v) is 5.75. The van der Waals surface area contributed by atoms with E-state index in [1.54, 1.807) is 17.0 Å². The van der Waals surface area contributed by atoms with Crippen LogP contribution in [0, 0.1) is 6.92 Å². The molecule has 2 aliphatic rings. The average molecular weight is 371 g/mol. The molecule has 1 unspecified atom stereocenters. The van der Waals surface area contributed by atoms with Gasteiger partial charge in [-0.1, -0.05) is 0 Å². The third-order valence-electron chi connectivity index (χ3n) is 5.75. The van der Waals surface area contributed by atoms with Gasteiger partial charge in [0, 0.05) is 37.3 Å². The Balaban J connectivity index is 1.70. The first-order valence-corrected chi connectivity index (χ1v) is 9.88. The molecule has 0 spiro atoms. The Bertz CT molecular complexity index is 746. The highest BCUT2D eigenvalue weighted by molar-refractivity contribution is 5.99. The van der Waals surface area contributed by atoms with Crippen LogP contribution in [0.2, 0.25) is 0 Å². The Hall–Kier alpha value is -2.37. The van der Waals surface area contributed by atoms with E-state index in [0.717, 1.165) is 31.4 Å². The number of hydrogen-bond acceptors (Lipinski definition) is 3. The van der Waals surface area contributed by atoms with Crippen molar-refractivity contribution in [3.05, 3.63) is 29.3 Å². The topological polar surface area (TPSA) is 69.7 Å². The fourth-order valence-corrected chi connectivity index (χ4v) is 4.13. The Morgan fingerprint density at radius 1 is 1.04 bits per heavy atom. The lowest BCUT2D eigenvalue weighted by atomic mass is 10.0. The number of rotatable bonds is 3. The van der Waals surface area contributed by atoms with E-state index in [4.69, 9.17) is 0 Å². The summed E-state index contributed by atoms with van der Waals surface area (Å²) in [6, 6.07) is 5.28. The first kappa shape index (κ1) is 19.4. The number of carbonyl (C=O) groups excluding carboxylic acids is 3. The highest BCUT2D eigenvalue weighted by Crippen LogP contribution is 2.24. The Morgan fingerprint density at radius 3 is 2.44 bits per heavy atom. The van der Waals surface area contributed by atoms with Crippen LogP contribution in [0.25, 0.3) is 0 Å². The van der Waals surface area contributed by atoms with Crippen molar-refractivity contribution in [2.75, 3.05) is 18.4 Å². The number of likely N-dealkylation sites (tertiary alicyclic amines) is 2. The number of amides is 3. The highest BCUT2D eigenvalue weighted by Gasteiger charge is 2.32. The molecule has 1 aromatic rings. The number of anilines is 1. The van der Waals surface area contributed by atoms with Crippen molar-refractivity contribution in [2.45, 2.75) is 65.0 Å². The maximum absolute atomic E-state index is 12.8. The van der Waals surface area contributed by atoms with E-state index < -0.39 is 6.04 Å². The smallest absolute Gasteiger partial charge is 0.254 e. The second-order valence-corrected chi connectivity index (χ2v) is 7.73. The zero-order valence-corrected chi connectivity index (χ0v) is 16.5. The largest absolute Gasteiger partial charge is 0.336 e. The number of carbonyl (C=O) groups is 3. The minimum absolute atomic E-state index is 0.0572. The first-order valence-electron chi connectivity index (χ1n) is 9.88. The zero-order valence-electron chi connectivity index (χ0n) is 16.5. The molecule has 0 radical (unpaired) electrons. The van der Waals surface area contributed by atoms with Crippen molar-refractivity contribution >= 4 is 23.4 Å². The van der Waals surface area contributed by atoms with Crippen LogP contribution in [0.5, 0.6) is 0 Å². The Kier molecular flexibility index (Phi) is 5.82. The molecule has 27 heavy (non-hydrogen) atoms. The lowest BCUT2D eigenvalue weighted by Gasteiger charge is -2.33. The van der Waals surface area contributed by atoms with E-state index in [9.17, 15) is 14.4 Å². The van der Waals surface area contributed by atoms with Gasteiger partial charge >= 0.3 is 0 Å². The molecule has 2 fully saturated rings. The van der Waals surface area contributed by atoms with Crippen molar-refractivity contribution in [2.24, 2.45) is 0 Å². The maximum Gasteiger partial charge on any atom is 0.254 e. The minimum Gasteiger partial charge on any atom is -0.336 e. The Morgan fingerprint density at radius 2 is 1.78 bits per heavy atom. The molecule has 146 valence electrons. The van der Waals surface area contributed by atoms with E-state index in [1.165, 1.54) is 13.3 Å². The van der Waals surface area contributed by atoms with Gasteiger partial charge in [-0.25, -0.2) is 0 Å². The van der Waals surface area contributed by atoms with E-state index >= 15 is 0 Å². The summed E-state index contributed by atoms with van der Waals surface area (Å²) in [6.07, 6.45) is 4.81. The molecule has 2 saturated heterocycles. The number of nitrogens with zero attached hydrogens (tertiary/aromatic N) is 2. The summed E-state index contributed by atoms with van der Waals surface area (Å²) in [5.41, 5.74) is 2.20. The summed E-state index contributed by atoms with van der Waals surface area (Å²) in [5.74, 6) is -0.169. The summed E-state index contributed by atoms with van der Waals surface area (Å²) in [5, 5.41) is 2.93. The molecule has 1 N–H and O–H groups in total. The molecule has 3 amide bonds. The van der Waals surface area contributed by atoms with Gasteiger partial charge in [0.25, 0.3) is 5.91 Å². The molecule has 0 aromatic heterocycles. The normalized spacial score (nSPS) is 22.6. The van der Waals surface area contributed by atoms with Crippen molar-refractivity contribution in [3.8, 4) is 0 Å². The molecular weight excluding hydrogens is 342 g/mol. The van der Waals surface area contributed by atoms with Gasteiger partial charge in [-0.2, -0.15) is 0 Å². The van der Waals surface area contributed by atoms with Crippen LogP contribution in [0.4, 0.5) is 5.69 Å². The minimum atomic E-state index is -0.405. The number of piperidine rings is 1. The standard InChI is InChI=1S/C21H29N3O3/c1-14-13-17(21(27)23-11-5-4-7-15(23)2)9-10-18(14)22-20(26)19-8-6-12-24(19)16(3)25/h9-10,13,15,19H,4-8,11-12H2,1-3H3,(H,22,26)/t15?,19-/m0/s1. The molecule has 6 heteroatoms. The van der Waals surface area contributed by atoms with Crippen molar-refractivity contribution in [3.63, 3.8) is 0 Å². The number of benzene rings is 1. The van der Waals surface area contributed by atoms with Crippen LogP contribution in [0.1, 0.15) is 61.9 Å². The summed E-state index contributed by atoms with van der Waals surface area (Å²) in [7, 11) is 0. The molecular formula is C21H29N3O3. The van der Waals surface area contributed by atoms with Gasteiger partial charge in [-0.15, -0.1) is 0 Å². The van der Waals surface area contributed by atoms with Gasteiger partial charge in [0.15, 0.2) is 0 Å². The second-order valence-electron chi connectivity index (χ2n) is 7.73. The van der Waals surface area contributed by atoms with Gasteiger partial charge in [0.05, 0.1) is 0 Å². The number of hydrogen-bond donors (Lipinski definition) is 1. The fraction of sp³-hybridized carbons (Fsp3) is 0.571. The molecule has 0 aliphatic carbocycles. The van der Waals surface area contributed by atoms with Crippen LogP contribution in [-0.4, -0.2) is 52.7 Å². The van der Waals surface area contributed by atoms with Crippen LogP contribution >= 0.6 is 0 Å². The maximum atomic E-state index is 12.8. The van der Waals surface area contributed by atoms with Crippen LogP contribution in [0.15, 0.2) is 18.2 Å². The van der Waals surface area contributed by atoms with Gasteiger partial charge in [0.1, 0.15) is 6.04 Å². The lowest BCUT2D eigenvalue weighted by Crippen LogP contribution is -2.42. The second kappa shape index (κ2) is 8.11. The van der Waals surface area contributed by atoms with Gasteiger partial charge in [-0.05, 0) is 69.7 Å². The predicted octanol–water partition coefficient (Wildman–Crippen LogP) is 2.96. The molecule has 2 heterocycles. The van der Waals surface area contributed by atoms with Crippen molar-refractivity contribution < 1.29 is 14.4 Å². The van der Waals surface area contributed by atoms with E-state index in [0.29, 0.717) is 24.2 Å². The Labute approximate surface area is 160 Å². The molecule has 3 rings (SSSR count). The number of aryl methyl sites for hydroxylation is 1. The van der Waals surface area contributed by atoms with E-state index in [-0.39, 0.29) is 23.8 Å². The van der Waals surface area contributed by atoms with Gasteiger partial charge < -0.3 is 15.1 Å². The molecule has 0 bridgehead atoms. The predicted molar refractivity (Wildman–Crippen MR) is 105 cm³/mol. The molecule has 0 saturated carbocycles. The van der Waals surface area contributed by atoms with Crippen molar-refractivity contribution in [1.82, 2.24) is 9.80 Å². The van der Waals surface area contributed by atoms with Gasteiger partial charge in [0.2, 0.25) is 11.8 Å². The quantitative estimate of drug-likeness (QED) is 0.888. The SMILES string of the molecule is CC(=O)N1CCC[C@H]1C(=O)Nc1ccc(C(=O)N2CCCCC2C)cc1C. The fourth-order valence-electron chi connectivity index (χ4n) is 4.13. The van der Waals surface area contributed by atoms with E-state index in [2.05, 4.69) is 12.2 Å². The molecule has 6 nitrogen and oxygen atoms in total. The molecule has 2 atom stereocenters. The van der Waals surface area contributed by atoms with Crippen molar-refractivity contribution in [1.29, 1.82) is 0 Å². The molecule has 2 aliphatic heterocycles. The monoisotopic (exact) mass is 371 g/mol. The number of nitrogens with one attached hydrogen (secondary N) is 1. The summed E-state index contributed by atoms with van der Waals surface area (Å²) in [4.78, 5) is 40.7. The van der Waals surface area contributed by atoms with Crippen LogP contribution in [0.3, 0.4) is 0 Å². The summed E-state index contributed by atoms with van der Waals surface area (Å²) < 4.78 is 0. The zero-order chi connectivity index (χ0) is 19.6. The first-order chi connectivity index (χ1) is 12.9.